The van der Waals surface area contributed by atoms with Gasteiger partial charge in [-0.2, -0.15) is 0 Å². The largest absolute Gasteiger partial charge is 0.495 e. The zero-order valence-corrected chi connectivity index (χ0v) is 16.9. The molecule has 150 valence electrons. The van der Waals surface area contributed by atoms with Crippen molar-refractivity contribution in [2.75, 3.05) is 26.1 Å². The number of anilines is 1. The number of para-hydroxylation sites is 2. The van der Waals surface area contributed by atoms with Gasteiger partial charge in [-0.1, -0.05) is 44.4 Å². The molecular weight excluding hydrogens is 354 g/mol. The number of hydrogen-bond acceptors (Lipinski definition) is 4. The van der Waals surface area contributed by atoms with Gasteiger partial charge >= 0.3 is 0 Å². The predicted molar refractivity (Wildman–Crippen MR) is 113 cm³/mol. The molecule has 0 atom stereocenters. The number of nitrogens with one attached hydrogen (secondary N) is 1. The third-order valence-electron chi connectivity index (χ3n) is 4.24. The fourth-order valence-corrected chi connectivity index (χ4v) is 2.71. The van der Waals surface area contributed by atoms with Crippen LogP contribution >= 0.6 is 0 Å². The summed E-state index contributed by atoms with van der Waals surface area (Å²) in [6, 6.07) is 12.9. The Morgan fingerprint density at radius 2 is 1.75 bits per heavy atom. The summed E-state index contributed by atoms with van der Waals surface area (Å²) in [7, 11) is 3.18. The second-order valence-corrected chi connectivity index (χ2v) is 6.34. The number of unbranched alkanes of at least 4 members (excludes halogenated alkanes) is 3. The van der Waals surface area contributed by atoms with Gasteiger partial charge in [-0.15, -0.1) is 0 Å². The van der Waals surface area contributed by atoms with E-state index in [1.165, 1.54) is 25.3 Å². The average molecular weight is 383 g/mol. The summed E-state index contributed by atoms with van der Waals surface area (Å²) in [4.78, 5) is 12.2. The van der Waals surface area contributed by atoms with Crippen LogP contribution in [0.2, 0.25) is 0 Å². The minimum atomic E-state index is -0.236. The first-order valence-corrected chi connectivity index (χ1v) is 9.60. The molecule has 0 spiro atoms. The molecule has 0 unspecified atom stereocenters. The Bertz CT molecular complexity index is 786. The predicted octanol–water partition coefficient (Wildman–Crippen LogP) is 5.31. The van der Waals surface area contributed by atoms with Crippen molar-refractivity contribution >= 4 is 17.7 Å². The maximum absolute atomic E-state index is 12.2. The third-order valence-corrected chi connectivity index (χ3v) is 4.24. The Labute approximate surface area is 167 Å². The Kier molecular flexibility index (Phi) is 8.92. The van der Waals surface area contributed by atoms with Gasteiger partial charge < -0.3 is 19.5 Å². The van der Waals surface area contributed by atoms with Crippen molar-refractivity contribution in [3.63, 3.8) is 0 Å². The fraction of sp³-hybridized carbons (Fsp3) is 0.348. The maximum atomic E-state index is 12.2. The zero-order chi connectivity index (χ0) is 20.2. The molecule has 0 fully saturated rings. The van der Waals surface area contributed by atoms with Gasteiger partial charge in [-0.25, -0.2) is 0 Å². The molecule has 1 N–H and O–H groups in total. The van der Waals surface area contributed by atoms with Gasteiger partial charge in [0.2, 0.25) is 5.91 Å². The Morgan fingerprint density at radius 1 is 0.964 bits per heavy atom. The van der Waals surface area contributed by atoms with Crippen LogP contribution in [-0.2, 0) is 4.79 Å². The van der Waals surface area contributed by atoms with Crippen molar-refractivity contribution in [1.29, 1.82) is 0 Å². The van der Waals surface area contributed by atoms with Crippen LogP contribution in [0, 0.1) is 0 Å². The van der Waals surface area contributed by atoms with Crippen LogP contribution in [-0.4, -0.2) is 26.7 Å². The fourth-order valence-electron chi connectivity index (χ4n) is 2.71. The van der Waals surface area contributed by atoms with Crippen LogP contribution in [0.25, 0.3) is 6.08 Å². The van der Waals surface area contributed by atoms with E-state index in [-0.39, 0.29) is 5.91 Å². The van der Waals surface area contributed by atoms with E-state index in [2.05, 4.69) is 12.2 Å². The second-order valence-electron chi connectivity index (χ2n) is 6.34. The van der Waals surface area contributed by atoms with E-state index in [9.17, 15) is 4.79 Å². The molecule has 0 aliphatic heterocycles. The van der Waals surface area contributed by atoms with E-state index in [4.69, 9.17) is 14.2 Å². The zero-order valence-electron chi connectivity index (χ0n) is 16.9. The molecule has 2 aromatic rings. The molecular formula is C23H29NO4. The summed E-state index contributed by atoms with van der Waals surface area (Å²) < 4.78 is 16.5. The molecule has 0 saturated carbocycles. The number of benzene rings is 2. The number of methoxy groups -OCH3 is 2. The van der Waals surface area contributed by atoms with Gasteiger partial charge in [0, 0.05) is 6.08 Å². The highest BCUT2D eigenvalue weighted by atomic mass is 16.5. The lowest BCUT2D eigenvalue weighted by atomic mass is 10.2. The lowest BCUT2D eigenvalue weighted by Gasteiger charge is -2.11. The van der Waals surface area contributed by atoms with E-state index < -0.39 is 0 Å². The van der Waals surface area contributed by atoms with Gasteiger partial charge in [0.1, 0.15) is 5.75 Å². The number of carbonyl (C=O) groups excluding carboxylic acids is 1. The molecule has 5 nitrogen and oxygen atoms in total. The van der Waals surface area contributed by atoms with Crippen molar-refractivity contribution in [2.24, 2.45) is 0 Å². The minimum Gasteiger partial charge on any atom is -0.495 e. The van der Waals surface area contributed by atoms with E-state index in [1.807, 2.05) is 30.3 Å². The lowest BCUT2D eigenvalue weighted by molar-refractivity contribution is -0.111. The molecule has 1 amide bonds. The van der Waals surface area contributed by atoms with Gasteiger partial charge in [-0.3, -0.25) is 4.79 Å². The Morgan fingerprint density at radius 3 is 2.50 bits per heavy atom. The highest BCUT2D eigenvalue weighted by Gasteiger charge is 2.06. The van der Waals surface area contributed by atoms with Crippen molar-refractivity contribution in [1.82, 2.24) is 0 Å². The molecule has 0 heterocycles. The highest BCUT2D eigenvalue weighted by Crippen LogP contribution is 2.29. The van der Waals surface area contributed by atoms with Crippen molar-refractivity contribution < 1.29 is 19.0 Å². The minimum absolute atomic E-state index is 0.236. The first kappa shape index (κ1) is 21.4. The van der Waals surface area contributed by atoms with Gasteiger partial charge in [-0.05, 0) is 42.3 Å². The summed E-state index contributed by atoms with van der Waals surface area (Å²) >= 11 is 0. The highest BCUT2D eigenvalue weighted by molar-refractivity contribution is 6.02. The Balaban J connectivity index is 1.96. The van der Waals surface area contributed by atoms with E-state index >= 15 is 0 Å². The molecule has 28 heavy (non-hydrogen) atoms. The SMILES string of the molecule is CCCCCCOc1ccc(C=CC(=O)Nc2ccccc2OC)cc1OC. The first-order valence-electron chi connectivity index (χ1n) is 9.60. The molecule has 0 aliphatic rings. The number of ether oxygens (including phenoxy) is 3. The van der Waals surface area contributed by atoms with Crippen molar-refractivity contribution in [2.45, 2.75) is 32.6 Å². The third kappa shape index (κ3) is 6.65. The first-order chi connectivity index (χ1) is 13.7. The van der Waals surface area contributed by atoms with Crippen molar-refractivity contribution in [3.05, 3.63) is 54.1 Å². The van der Waals surface area contributed by atoms with Crippen LogP contribution in [0.4, 0.5) is 5.69 Å². The number of hydrogen-bond donors (Lipinski definition) is 1. The monoisotopic (exact) mass is 383 g/mol. The lowest BCUT2D eigenvalue weighted by Crippen LogP contribution is -2.08. The molecule has 0 saturated heterocycles. The topological polar surface area (TPSA) is 56.8 Å². The summed E-state index contributed by atoms with van der Waals surface area (Å²) in [6.07, 6.45) is 7.84. The molecule has 0 bridgehead atoms. The maximum Gasteiger partial charge on any atom is 0.248 e. The number of rotatable bonds is 11. The molecule has 2 rings (SSSR count). The van der Waals surface area contributed by atoms with Gasteiger partial charge in [0.05, 0.1) is 26.5 Å². The summed E-state index contributed by atoms with van der Waals surface area (Å²) in [6.45, 7) is 2.86. The number of amides is 1. The van der Waals surface area contributed by atoms with Crippen LogP contribution in [0.1, 0.15) is 38.2 Å². The normalized spacial score (nSPS) is 10.7. The molecule has 5 heteroatoms. The van der Waals surface area contributed by atoms with Crippen LogP contribution in [0.3, 0.4) is 0 Å². The second kappa shape index (κ2) is 11.7. The molecule has 0 aliphatic carbocycles. The standard InChI is InChI=1S/C23H29NO4/c1-4-5-6-9-16-28-21-14-12-18(17-22(21)27-3)13-15-23(25)24-19-10-7-8-11-20(19)26-2/h7-8,10-15,17H,4-6,9,16H2,1-3H3,(H,24,25). The van der Waals surface area contributed by atoms with Crippen LogP contribution < -0.4 is 19.5 Å². The quantitative estimate of drug-likeness (QED) is 0.422. The van der Waals surface area contributed by atoms with Crippen LogP contribution in [0.15, 0.2) is 48.5 Å². The van der Waals surface area contributed by atoms with Crippen molar-refractivity contribution in [3.8, 4) is 17.2 Å². The molecule has 0 aromatic heterocycles. The van der Waals surface area contributed by atoms with Gasteiger partial charge in [0.15, 0.2) is 11.5 Å². The van der Waals surface area contributed by atoms with Gasteiger partial charge in [0.25, 0.3) is 0 Å². The number of carbonyl (C=O) groups is 1. The summed E-state index contributed by atoms with van der Waals surface area (Å²) in [5, 5.41) is 2.81. The van der Waals surface area contributed by atoms with E-state index in [1.54, 1.807) is 32.4 Å². The van der Waals surface area contributed by atoms with E-state index in [0.29, 0.717) is 23.8 Å². The van der Waals surface area contributed by atoms with Crippen LogP contribution in [0.5, 0.6) is 17.2 Å². The molecule has 0 radical (unpaired) electrons. The Hall–Kier alpha value is -2.95. The average Bonchev–Trinajstić information content (AvgIpc) is 2.73. The van der Waals surface area contributed by atoms with E-state index in [0.717, 1.165) is 17.7 Å². The summed E-state index contributed by atoms with van der Waals surface area (Å²) in [5.41, 5.74) is 1.48. The molecule has 2 aromatic carbocycles. The smallest absolute Gasteiger partial charge is 0.248 e. The summed E-state index contributed by atoms with van der Waals surface area (Å²) in [5.74, 6) is 1.75.